The number of aromatic nitrogens is 4. The number of rotatable bonds is 4. The molecule has 0 aliphatic rings. The molecule has 4 aromatic rings. The molecule has 4 rings (SSSR count). The third-order valence-electron chi connectivity index (χ3n) is 4.27. The van der Waals surface area contributed by atoms with E-state index in [0.717, 1.165) is 21.5 Å². The van der Waals surface area contributed by atoms with E-state index in [1.54, 1.807) is 35.1 Å². The quantitative estimate of drug-likeness (QED) is 0.516. The van der Waals surface area contributed by atoms with Crippen LogP contribution >= 0.6 is 22.9 Å². The maximum atomic E-state index is 13.2. The molecule has 0 unspecified atom stereocenters. The summed E-state index contributed by atoms with van der Waals surface area (Å²) in [7, 11) is 1.79. The Bertz CT molecular complexity index is 1120. The van der Waals surface area contributed by atoms with Crippen molar-refractivity contribution in [1.82, 2.24) is 19.5 Å². The van der Waals surface area contributed by atoms with Gasteiger partial charge in [-0.1, -0.05) is 29.0 Å². The van der Waals surface area contributed by atoms with Crippen LogP contribution in [0.5, 0.6) is 0 Å². The molecule has 1 aromatic carbocycles. The van der Waals surface area contributed by atoms with Crippen molar-refractivity contribution in [1.29, 1.82) is 0 Å². The fourth-order valence-corrected chi connectivity index (χ4v) is 3.95. The highest BCUT2D eigenvalue weighted by molar-refractivity contribution is 7.22. The third-order valence-corrected chi connectivity index (χ3v) is 5.72. The van der Waals surface area contributed by atoms with Crippen molar-refractivity contribution >= 4 is 44.2 Å². The molecule has 0 atom stereocenters. The summed E-state index contributed by atoms with van der Waals surface area (Å²) < 4.78 is 2.67. The molecule has 0 aliphatic heterocycles. The van der Waals surface area contributed by atoms with Gasteiger partial charge in [0.2, 0.25) is 0 Å². The van der Waals surface area contributed by atoms with Crippen molar-refractivity contribution < 1.29 is 4.79 Å². The van der Waals surface area contributed by atoms with Crippen LogP contribution in [0, 0.1) is 6.92 Å². The lowest BCUT2D eigenvalue weighted by Crippen LogP contribution is -2.32. The molecule has 0 fully saturated rings. The molecule has 0 N–H and O–H groups in total. The molecule has 136 valence electrons. The average Bonchev–Trinajstić information content (AvgIpc) is 3.30. The summed E-state index contributed by atoms with van der Waals surface area (Å²) in [4.78, 5) is 28.1. The van der Waals surface area contributed by atoms with Crippen LogP contribution in [0.2, 0.25) is 5.02 Å². The Balaban J connectivity index is 1.81. The van der Waals surface area contributed by atoms with Crippen LogP contribution in [0.1, 0.15) is 21.9 Å². The van der Waals surface area contributed by atoms with Crippen LogP contribution < -0.4 is 4.90 Å². The monoisotopic (exact) mass is 397 g/mol. The Morgan fingerprint density at radius 2 is 2.07 bits per heavy atom. The lowest BCUT2D eigenvalue weighted by atomic mass is 10.2. The molecule has 3 aromatic heterocycles. The first-order valence-corrected chi connectivity index (χ1v) is 9.49. The van der Waals surface area contributed by atoms with Crippen molar-refractivity contribution in [2.24, 2.45) is 7.05 Å². The van der Waals surface area contributed by atoms with Gasteiger partial charge in [0.25, 0.3) is 5.91 Å². The van der Waals surface area contributed by atoms with Gasteiger partial charge in [-0.2, -0.15) is 0 Å². The van der Waals surface area contributed by atoms with E-state index in [-0.39, 0.29) is 5.91 Å². The van der Waals surface area contributed by atoms with E-state index in [1.807, 2.05) is 37.3 Å². The van der Waals surface area contributed by atoms with Gasteiger partial charge in [0, 0.05) is 30.7 Å². The van der Waals surface area contributed by atoms with Gasteiger partial charge < -0.3 is 4.57 Å². The molecule has 0 saturated carbocycles. The molecule has 3 heterocycles. The number of nitrogens with zero attached hydrogens (tertiary/aromatic N) is 5. The molecular weight excluding hydrogens is 382 g/mol. The molecule has 8 heteroatoms. The number of imidazole rings is 1. The lowest BCUT2D eigenvalue weighted by Gasteiger charge is -2.19. The van der Waals surface area contributed by atoms with Crippen LogP contribution in [-0.2, 0) is 13.6 Å². The highest BCUT2D eigenvalue weighted by Crippen LogP contribution is 2.34. The summed E-state index contributed by atoms with van der Waals surface area (Å²) in [5, 5.41) is 1.25. The van der Waals surface area contributed by atoms with E-state index in [9.17, 15) is 4.79 Å². The summed E-state index contributed by atoms with van der Waals surface area (Å²) in [5.74, 6) is 0.121. The van der Waals surface area contributed by atoms with Crippen molar-refractivity contribution in [2.45, 2.75) is 13.5 Å². The second-order valence-corrected chi connectivity index (χ2v) is 7.51. The van der Waals surface area contributed by atoms with Gasteiger partial charge >= 0.3 is 0 Å². The number of thiazole rings is 1. The normalized spacial score (nSPS) is 11.1. The summed E-state index contributed by atoms with van der Waals surface area (Å²) >= 11 is 7.68. The highest BCUT2D eigenvalue weighted by Gasteiger charge is 2.25. The molecule has 0 bridgehead atoms. The summed E-state index contributed by atoms with van der Waals surface area (Å²) in [5.41, 5.74) is 2.48. The SMILES string of the molecule is Cc1c(Cl)ccc2sc(N(Cc3ccccn3)C(=O)c3nccn3C)nc12. The van der Waals surface area contributed by atoms with E-state index in [2.05, 4.69) is 9.97 Å². The number of aryl methyl sites for hydroxylation is 2. The molecule has 0 radical (unpaired) electrons. The van der Waals surface area contributed by atoms with Gasteiger partial charge in [-0.15, -0.1) is 0 Å². The Morgan fingerprint density at radius 1 is 1.22 bits per heavy atom. The summed E-state index contributed by atoms with van der Waals surface area (Å²) in [6.45, 7) is 2.23. The smallest absolute Gasteiger partial charge is 0.296 e. The zero-order valence-corrected chi connectivity index (χ0v) is 16.3. The number of fused-ring (bicyclic) bond motifs is 1. The standard InChI is InChI=1S/C19H16ClN5OS/c1-12-14(20)6-7-15-16(12)23-19(27-15)25(11-13-5-3-4-8-21-13)18(26)17-22-9-10-24(17)2/h3-10H,11H2,1-2H3. The Morgan fingerprint density at radius 3 is 2.78 bits per heavy atom. The van der Waals surface area contributed by atoms with Gasteiger partial charge in [-0.05, 0) is 36.8 Å². The van der Waals surface area contributed by atoms with Crippen LogP contribution in [0.3, 0.4) is 0 Å². The number of carbonyl (C=O) groups is 1. The molecule has 0 saturated heterocycles. The van der Waals surface area contributed by atoms with Crippen LogP contribution in [0.25, 0.3) is 10.2 Å². The van der Waals surface area contributed by atoms with E-state index in [4.69, 9.17) is 16.6 Å². The number of hydrogen-bond donors (Lipinski definition) is 0. The minimum atomic E-state index is -0.226. The number of benzene rings is 1. The number of anilines is 1. The topological polar surface area (TPSA) is 63.9 Å². The average molecular weight is 398 g/mol. The number of amides is 1. The fraction of sp³-hybridized carbons (Fsp3) is 0.158. The van der Waals surface area contributed by atoms with Gasteiger partial charge in [0.15, 0.2) is 11.0 Å². The Labute approximate surface area is 165 Å². The van der Waals surface area contributed by atoms with Gasteiger partial charge in [-0.3, -0.25) is 14.7 Å². The minimum absolute atomic E-state index is 0.226. The van der Waals surface area contributed by atoms with Crippen LogP contribution in [0.4, 0.5) is 5.13 Å². The third kappa shape index (κ3) is 3.31. The number of pyridine rings is 1. The predicted octanol–water partition coefficient (Wildman–Crippen LogP) is 4.23. The van der Waals surface area contributed by atoms with Crippen molar-refractivity contribution in [3.63, 3.8) is 0 Å². The van der Waals surface area contributed by atoms with Crippen LogP contribution in [0.15, 0.2) is 48.9 Å². The first kappa shape index (κ1) is 17.6. The second kappa shape index (κ2) is 7.09. The predicted molar refractivity (Wildman–Crippen MR) is 107 cm³/mol. The molecule has 6 nitrogen and oxygen atoms in total. The Kier molecular flexibility index (Phi) is 4.63. The summed E-state index contributed by atoms with van der Waals surface area (Å²) in [6.07, 6.45) is 5.06. The maximum Gasteiger partial charge on any atom is 0.296 e. The fourth-order valence-electron chi connectivity index (χ4n) is 2.78. The van der Waals surface area contributed by atoms with Gasteiger partial charge in [0.1, 0.15) is 0 Å². The minimum Gasteiger partial charge on any atom is -0.330 e. The summed E-state index contributed by atoms with van der Waals surface area (Å²) in [6, 6.07) is 9.40. The first-order valence-electron chi connectivity index (χ1n) is 8.29. The Hall–Kier alpha value is -2.77. The van der Waals surface area contributed by atoms with E-state index in [0.29, 0.717) is 22.5 Å². The maximum absolute atomic E-state index is 13.2. The van der Waals surface area contributed by atoms with E-state index < -0.39 is 0 Å². The molecule has 0 spiro atoms. The lowest BCUT2D eigenvalue weighted by molar-refractivity contribution is 0.0972. The molecule has 27 heavy (non-hydrogen) atoms. The van der Waals surface area contributed by atoms with E-state index in [1.165, 1.54) is 11.3 Å². The largest absolute Gasteiger partial charge is 0.330 e. The second-order valence-electron chi connectivity index (χ2n) is 6.09. The molecule has 1 amide bonds. The van der Waals surface area contributed by atoms with Crippen molar-refractivity contribution in [3.8, 4) is 0 Å². The van der Waals surface area contributed by atoms with Crippen molar-refractivity contribution in [2.75, 3.05) is 4.90 Å². The van der Waals surface area contributed by atoms with E-state index >= 15 is 0 Å². The number of halogens is 1. The first-order chi connectivity index (χ1) is 13.0. The zero-order valence-electron chi connectivity index (χ0n) is 14.8. The highest BCUT2D eigenvalue weighted by atomic mass is 35.5. The van der Waals surface area contributed by atoms with Gasteiger partial charge in [-0.25, -0.2) is 9.97 Å². The molecule has 0 aliphatic carbocycles. The number of carbonyl (C=O) groups excluding carboxylic acids is 1. The van der Waals surface area contributed by atoms with Gasteiger partial charge in [0.05, 0.1) is 22.5 Å². The molecular formula is C19H16ClN5OS. The van der Waals surface area contributed by atoms with Crippen LogP contribution in [-0.4, -0.2) is 25.4 Å². The number of hydrogen-bond acceptors (Lipinski definition) is 5. The zero-order chi connectivity index (χ0) is 19.0. The van der Waals surface area contributed by atoms with Crippen molar-refractivity contribution in [3.05, 3.63) is 71.0 Å².